The zero-order valence-corrected chi connectivity index (χ0v) is 14.5. The number of anilines is 1. The zero-order chi connectivity index (χ0) is 19.6. The first-order valence-electron chi connectivity index (χ1n) is 7.71. The molecule has 2 aromatic carbocycles. The molecule has 0 fully saturated rings. The topological polar surface area (TPSA) is 85.4 Å². The number of nitrogens with two attached hydrogens (primary N) is 1. The molecule has 0 radical (unpaired) electrons. The average molecular weight is 391 g/mol. The lowest BCUT2D eigenvalue weighted by Gasteiger charge is -2.12. The minimum atomic E-state index is -1.03. The van der Waals surface area contributed by atoms with Crippen molar-refractivity contribution in [2.24, 2.45) is 0 Å². The van der Waals surface area contributed by atoms with Crippen LogP contribution < -0.4 is 10.5 Å². The van der Waals surface area contributed by atoms with Gasteiger partial charge in [-0.3, -0.25) is 0 Å². The minimum absolute atomic E-state index is 0.0637. The van der Waals surface area contributed by atoms with E-state index in [2.05, 4.69) is 4.98 Å². The molecule has 1 aromatic heterocycles. The number of nitrogens with zero attached hydrogens (tertiary/aromatic N) is 1. The SMILES string of the molecule is Nc1ncc(-c2ccc(C(=O)O)cc2)cc1OCc1c(F)ccc(F)c1Cl. The highest BCUT2D eigenvalue weighted by molar-refractivity contribution is 6.31. The van der Waals surface area contributed by atoms with E-state index in [-0.39, 0.29) is 34.3 Å². The second kappa shape index (κ2) is 7.59. The highest BCUT2D eigenvalue weighted by Gasteiger charge is 2.14. The fourth-order valence-electron chi connectivity index (χ4n) is 2.39. The van der Waals surface area contributed by atoms with E-state index < -0.39 is 17.6 Å². The standard InChI is InChI=1S/C19H13ClF2N2O3/c20-17-13(14(21)5-6-15(17)22)9-27-16-7-12(8-24-18(16)23)10-1-3-11(4-2-10)19(25)26/h1-8H,9H2,(H2,23,24)(H,25,26). The van der Waals surface area contributed by atoms with Crippen LogP contribution in [0.5, 0.6) is 5.75 Å². The van der Waals surface area contributed by atoms with Crippen LogP contribution in [0.4, 0.5) is 14.6 Å². The van der Waals surface area contributed by atoms with Gasteiger partial charge >= 0.3 is 5.97 Å². The molecule has 3 aromatic rings. The van der Waals surface area contributed by atoms with Gasteiger partial charge in [0.15, 0.2) is 11.6 Å². The number of benzene rings is 2. The molecule has 0 saturated heterocycles. The summed E-state index contributed by atoms with van der Waals surface area (Å²) in [6, 6.07) is 9.60. The van der Waals surface area contributed by atoms with Gasteiger partial charge in [0, 0.05) is 17.3 Å². The van der Waals surface area contributed by atoms with Crippen LogP contribution in [0.3, 0.4) is 0 Å². The molecule has 5 nitrogen and oxygen atoms in total. The Morgan fingerprint density at radius 2 is 1.78 bits per heavy atom. The zero-order valence-electron chi connectivity index (χ0n) is 13.7. The molecule has 0 aliphatic carbocycles. The van der Waals surface area contributed by atoms with E-state index in [4.69, 9.17) is 27.2 Å². The quantitative estimate of drug-likeness (QED) is 0.625. The normalized spacial score (nSPS) is 10.6. The van der Waals surface area contributed by atoms with Crippen molar-refractivity contribution in [1.29, 1.82) is 0 Å². The molecule has 3 rings (SSSR count). The summed E-state index contributed by atoms with van der Waals surface area (Å²) in [6.07, 6.45) is 1.49. The van der Waals surface area contributed by atoms with Crippen LogP contribution >= 0.6 is 11.6 Å². The Morgan fingerprint density at radius 3 is 2.44 bits per heavy atom. The van der Waals surface area contributed by atoms with Gasteiger partial charge in [-0.25, -0.2) is 18.6 Å². The number of halogens is 3. The number of carbonyl (C=O) groups is 1. The second-order valence-corrected chi connectivity index (χ2v) is 5.98. The van der Waals surface area contributed by atoms with Crippen LogP contribution in [0.1, 0.15) is 15.9 Å². The first kappa shape index (κ1) is 18.6. The minimum Gasteiger partial charge on any atom is -0.485 e. The maximum Gasteiger partial charge on any atom is 0.335 e. The fraction of sp³-hybridized carbons (Fsp3) is 0.0526. The van der Waals surface area contributed by atoms with Gasteiger partial charge in [0.05, 0.1) is 10.6 Å². The molecule has 0 unspecified atom stereocenters. The summed E-state index contributed by atoms with van der Waals surface area (Å²) in [6.45, 7) is -0.338. The number of hydrogen-bond donors (Lipinski definition) is 2. The summed E-state index contributed by atoms with van der Waals surface area (Å²) in [7, 11) is 0. The third kappa shape index (κ3) is 3.98. The Balaban J connectivity index is 1.86. The van der Waals surface area contributed by atoms with Gasteiger partial charge in [-0.2, -0.15) is 0 Å². The molecule has 0 atom stereocenters. The first-order valence-corrected chi connectivity index (χ1v) is 8.09. The molecule has 138 valence electrons. The molecule has 0 amide bonds. The predicted octanol–water partition coefficient (Wildman–Crippen LogP) is 4.54. The molecule has 0 aliphatic heterocycles. The average Bonchev–Trinajstić information content (AvgIpc) is 2.66. The Labute approximate surface area is 158 Å². The first-order chi connectivity index (χ1) is 12.9. The van der Waals surface area contributed by atoms with E-state index >= 15 is 0 Å². The lowest BCUT2D eigenvalue weighted by Crippen LogP contribution is -2.04. The van der Waals surface area contributed by atoms with E-state index in [0.717, 1.165) is 12.1 Å². The highest BCUT2D eigenvalue weighted by Crippen LogP contribution is 2.30. The van der Waals surface area contributed by atoms with Gasteiger partial charge < -0.3 is 15.6 Å². The molecule has 0 spiro atoms. The lowest BCUT2D eigenvalue weighted by atomic mass is 10.1. The van der Waals surface area contributed by atoms with E-state index in [1.54, 1.807) is 18.2 Å². The molecule has 3 N–H and O–H groups in total. The monoisotopic (exact) mass is 390 g/mol. The molecular formula is C19H13ClF2N2O3. The van der Waals surface area contributed by atoms with Crippen LogP contribution in [0, 0.1) is 11.6 Å². The molecule has 0 bridgehead atoms. The number of carboxylic acid groups (broad SMARTS) is 1. The van der Waals surface area contributed by atoms with Crippen LogP contribution in [-0.2, 0) is 6.61 Å². The number of aromatic carboxylic acids is 1. The number of nitrogen functional groups attached to an aromatic ring is 1. The Hall–Kier alpha value is -3.19. The summed E-state index contributed by atoms with van der Waals surface area (Å²) < 4.78 is 32.9. The molecule has 8 heteroatoms. The number of aromatic nitrogens is 1. The van der Waals surface area contributed by atoms with E-state index in [9.17, 15) is 13.6 Å². The molecule has 1 heterocycles. The number of pyridine rings is 1. The number of carboxylic acids is 1. The van der Waals surface area contributed by atoms with Crippen molar-refractivity contribution in [2.75, 3.05) is 5.73 Å². The Bertz CT molecular complexity index is 1010. The van der Waals surface area contributed by atoms with Crippen molar-refractivity contribution in [3.8, 4) is 16.9 Å². The van der Waals surface area contributed by atoms with E-state index in [1.807, 2.05) is 0 Å². The van der Waals surface area contributed by atoms with Crippen molar-refractivity contribution in [1.82, 2.24) is 4.98 Å². The van der Waals surface area contributed by atoms with Crippen molar-refractivity contribution in [2.45, 2.75) is 6.61 Å². The van der Waals surface area contributed by atoms with E-state index in [1.165, 1.54) is 18.3 Å². The highest BCUT2D eigenvalue weighted by atomic mass is 35.5. The largest absolute Gasteiger partial charge is 0.485 e. The maximum absolute atomic E-state index is 13.9. The number of rotatable bonds is 5. The van der Waals surface area contributed by atoms with E-state index in [0.29, 0.717) is 11.1 Å². The number of hydrogen-bond acceptors (Lipinski definition) is 4. The smallest absolute Gasteiger partial charge is 0.335 e. The summed E-state index contributed by atoms with van der Waals surface area (Å²) >= 11 is 5.78. The van der Waals surface area contributed by atoms with Crippen molar-refractivity contribution >= 4 is 23.4 Å². The van der Waals surface area contributed by atoms with Crippen molar-refractivity contribution in [3.63, 3.8) is 0 Å². The van der Waals surface area contributed by atoms with Crippen LogP contribution in [0.25, 0.3) is 11.1 Å². The van der Waals surface area contributed by atoms with Gasteiger partial charge in [-0.1, -0.05) is 23.7 Å². The summed E-state index contributed by atoms with van der Waals surface area (Å²) in [5.74, 6) is -2.26. The van der Waals surface area contributed by atoms with Crippen LogP contribution in [0.2, 0.25) is 5.02 Å². The lowest BCUT2D eigenvalue weighted by molar-refractivity contribution is 0.0697. The molecule has 27 heavy (non-hydrogen) atoms. The summed E-state index contributed by atoms with van der Waals surface area (Å²) in [5, 5.41) is 8.59. The third-order valence-electron chi connectivity index (χ3n) is 3.86. The van der Waals surface area contributed by atoms with Gasteiger partial charge in [0.2, 0.25) is 0 Å². The van der Waals surface area contributed by atoms with Gasteiger partial charge in [-0.15, -0.1) is 0 Å². The van der Waals surface area contributed by atoms with Gasteiger partial charge in [0.1, 0.15) is 18.2 Å². The summed E-state index contributed by atoms with van der Waals surface area (Å²) in [4.78, 5) is 15.0. The van der Waals surface area contributed by atoms with Crippen LogP contribution in [-0.4, -0.2) is 16.1 Å². The molecular weight excluding hydrogens is 378 g/mol. The van der Waals surface area contributed by atoms with Gasteiger partial charge in [0.25, 0.3) is 0 Å². The van der Waals surface area contributed by atoms with Crippen molar-refractivity contribution in [3.05, 3.63) is 76.4 Å². The molecule has 0 aliphatic rings. The molecule has 0 saturated carbocycles. The van der Waals surface area contributed by atoms with Gasteiger partial charge in [-0.05, 0) is 35.9 Å². The van der Waals surface area contributed by atoms with Crippen LogP contribution in [0.15, 0.2) is 48.7 Å². The number of ether oxygens (including phenoxy) is 1. The predicted molar refractivity (Wildman–Crippen MR) is 96.7 cm³/mol. The second-order valence-electron chi connectivity index (χ2n) is 5.60. The summed E-state index contributed by atoms with van der Waals surface area (Å²) in [5.41, 5.74) is 7.10. The van der Waals surface area contributed by atoms with Crippen molar-refractivity contribution < 1.29 is 23.4 Å². The fourth-order valence-corrected chi connectivity index (χ4v) is 2.59. The third-order valence-corrected chi connectivity index (χ3v) is 4.27. The Kier molecular flexibility index (Phi) is 5.23. The Morgan fingerprint density at radius 1 is 1.11 bits per heavy atom. The maximum atomic E-state index is 13.9.